The van der Waals surface area contributed by atoms with Crippen molar-refractivity contribution in [2.75, 3.05) is 38.7 Å². The van der Waals surface area contributed by atoms with Crippen molar-refractivity contribution < 1.29 is 49.0 Å². The molecule has 0 spiro atoms. The molecule has 0 aromatic heterocycles. The van der Waals surface area contributed by atoms with Crippen molar-refractivity contribution in [3.63, 3.8) is 0 Å². The molecule has 2 heterocycles. The topological polar surface area (TPSA) is 192 Å². The molecule has 40 heavy (non-hydrogen) atoms. The lowest BCUT2D eigenvalue weighted by Crippen LogP contribution is -2.78. The third-order valence-corrected chi connectivity index (χ3v) is 7.19. The molecule has 2 aliphatic heterocycles. The zero-order chi connectivity index (χ0) is 29.3. The number of aliphatic hydroxyl groups is 5. The number of carbonyl (C=O) groups is 3. The van der Waals surface area contributed by atoms with Crippen LogP contribution < -0.4 is 10.6 Å². The Morgan fingerprint density at radius 2 is 1.73 bits per heavy atom. The van der Waals surface area contributed by atoms with Crippen LogP contribution in [0.25, 0.3) is 0 Å². The number of hydrogen-bond donors (Lipinski definition) is 7. The van der Waals surface area contributed by atoms with E-state index in [0.29, 0.717) is 54.6 Å². The summed E-state index contributed by atoms with van der Waals surface area (Å²) < 4.78 is 20.7. The van der Waals surface area contributed by atoms with Crippen LogP contribution in [0.4, 0.5) is 10.1 Å². The number of anilines is 1. The van der Waals surface area contributed by atoms with E-state index in [0.717, 1.165) is 7.05 Å². The van der Waals surface area contributed by atoms with Crippen LogP contribution in [0.15, 0.2) is 36.4 Å². The molecule has 1 atom stereocenters. The highest BCUT2D eigenvalue weighted by Gasteiger charge is 2.70. The van der Waals surface area contributed by atoms with Crippen molar-refractivity contribution in [3.8, 4) is 0 Å². The summed E-state index contributed by atoms with van der Waals surface area (Å²) in [6, 6.07) is 9.41. The molecule has 1 unspecified atom stereocenters. The van der Waals surface area contributed by atoms with Crippen molar-refractivity contribution in [2.24, 2.45) is 0 Å². The summed E-state index contributed by atoms with van der Waals surface area (Å²) in [5.74, 6) is -11.4. The molecule has 2 amide bonds. The van der Waals surface area contributed by atoms with E-state index in [1.54, 1.807) is 24.3 Å². The van der Waals surface area contributed by atoms with E-state index < -0.39 is 47.8 Å². The molecule has 2 aromatic carbocycles. The molecular weight excluding hydrogens is 531 g/mol. The Kier molecular flexibility index (Phi) is 8.23. The Balaban J connectivity index is 1.60. The summed E-state index contributed by atoms with van der Waals surface area (Å²) in [6.45, 7) is 2.33. The van der Waals surface area contributed by atoms with Crippen LogP contribution in [0.5, 0.6) is 0 Å². The molecule has 1 saturated heterocycles. The van der Waals surface area contributed by atoms with Crippen molar-refractivity contribution in [1.82, 2.24) is 15.1 Å². The number of hydrogen-bond acceptors (Lipinski definition) is 11. The molecular formula is C26H31FN4O9. The number of nitrogens with zero attached hydrogens (tertiary/aromatic N) is 2. The molecule has 0 saturated carbocycles. The number of halogens is 1. The van der Waals surface area contributed by atoms with Gasteiger partial charge in [0.1, 0.15) is 5.82 Å². The molecule has 0 radical (unpaired) electrons. The molecule has 1 fully saturated rings. The molecule has 216 valence electrons. The molecule has 2 aliphatic rings. The van der Waals surface area contributed by atoms with Gasteiger partial charge in [0.25, 0.3) is 29.1 Å². The van der Waals surface area contributed by atoms with Gasteiger partial charge in [-0.1, -0.05) is 24.3 Å². The SMILES string of the molecule is CNC(=O)C(O)(N1Cc2c(NCc3cccc(CN4CCOCC4)c3F)cccc2C1=O)C(O)(O)C(O)(O)C=O. The van der Waals surface area contributed by atoms with Gasteiger partial charge in [0, 0.05) is 61.2 Å². The number of fused-ring (bicyclic) bond motifs is 1. The van der Waals surface area contributed by atoms with E-state index in [2.05, 4.69) is 10.2 Å². The second kappa shape index (κ2) is 11.2. The number of rotatable bonds is 10. The van der Waals surface area contributed by atoms with Gasteiger partial charge in [-0.3, -0.25) is 24.2 Å². The minimum absolute atomic E-state index is 0.00138. The second-order valence-electron chi connectivity index (χ2n) is 9.62. The van der Waals surface area contributed by atoms with Crippen LogP contribution in [0.3, 0.4) is 0 Å². The van der Waals surface area contributed by atoms with Crippen LogP contribution in [0, 0.1) is 5.82 Å². The summed E-state index contributed by atoms with van der Waals surface area (Å²) in [5.41, 5.74) is -2.43. The highest BCUT2D eigenvalue weighted by Crippen LogP contribution is 2.39. The number of carbonyl (C=O) groups excluding carboxylic acids is 3. The monoisotopic (exact) mass is 562 g/mol. The maximum Gasteiger partial charge on any atom is 0.285 e. The van der Waals surface area contributed by atoms with Gasteiger partial charge in [-0.2, -0.15) is 0 Å². The van der Waals surface area contributed by atoms with Gasteiger partial charge >= 0.3 is 0 Å². The smallest absolute Gasteiger partial charge is 0.285 e. The fraction of sp³-hybridized carbons (Fsp3) is 0.423. The van der Waals surface area contributed by atoms with E-state index in [4.69, 9.17) is 4.74 Å². The third-order valence-electron chi connectivity index (χ3n) is 7.19. The summed E-state index contributed by atoms with van der Waals surface area (Å²) in [6.07, 6.45) is -0.705. The van der Waals surface area contributed by atoms with Crippen molar-refractivity contribution >= 4 is 23.8 Å². The van der Waals surface area contributed by atoms with Gasteiger partial charge in [-0.15, -0.1) is 0 Å². The van der Waals surface area contributed by atoms with E-state index in [1.807, 2.05) is 5.32 Å². The molecule has 4 rings (SSSR count). The van der Waals surface area contributed by atoms with Crippen LogP contribution >= 0.6 is 0 Å². The molecule has 7 N–H and O–H groups in total. The Morgan fingerprint density at radius 3 is 2.38 bits per heavy atom. The van der Waals surface area contributed by atoms with E-state index in [1.165, 1.54) is 12.1 Å². The van der Waals surface area contributed by atoms with Crippen LogP contribution in [0.1, 0.15) is 27.0 Å². The normalized spacial score (nSPS) is 17.8. The number of morpholine rings is 1. The van der Waals surface area contributed by atoms with E-state index in [-0.39, 0.29) is 17.7 Å². The number of benzene rings is 2. The summed E-state index contributed by atoms with van der Waals surface area (Å²) in [4.78, 5) is 39.5. The molecule has 0 aliphatic carbocycles. The van der Waals surface area contributed by atoms with Gasteiger partial charge < -0.3 is 40.9 Å². The lowest BCUT2D eigenvalue weighted by Gasteiger charge is -2.46. The quantitative estimate of drug-likeness (QED) is 0.128. The van der Waals surface area contributed by atoms with E-state index in [9.17, 15) is 39.9 Å². The fourth-order valence-electron chi connectivity index (χ4n) is 4.82. The number of amides is 2. The fourth-order valence-corrected chi connectivity index (χ4v) is 4.82. The average Bonchev–Trinajstić information content (AvgIpc) is 3.30. The van der Waals surface area contributed by atoms with Gasteiger partial charge in [0.05, 0.1) is 19.8 Å². The third kappa shape index (κ3) is 4.94. The van der Waals surface area contributed by atoms with E-state index >= 15 is 4.39 Å². The van der Waals surface area contributed by atoms with Gasteiger partial charge in [-0.25, -0.2) is 4.39 Å². The zero-order valence-corrected chi connectivity index (χ0v) is 21.6. The Labute approximate surface area is 228 Å². The molecule has 13 nitrogen and oxygen atoms in total. The largest absolute Gasteiger partial charge is 0.381 e. The Bertz CT molecular complexity index is 1300. The maximum atomic E-state index is 15.3. The first-order chi connectivity index (χ1) is 18.9. The summed E-state index contributed by atoms with van der Waals surface area (Å²) in [5, 5.41) is 56.8. The predicted octanol–water partition coefficient (Wildman–Crippen LogP) is -1.78. The first-order valence-corrected chi connectivity index (χ1v) is 12.4. The van der Waals surface area contributed by atoms with Crippen LogP contribution in [-0.4, -0.2) is 104 Å². The van der Waals surface area contributed by atoms with Crippen molar-refractivity contribution in [3.05, 3.63) is 64.5 Å². The zero-order valence-electron chi connectivity index (χ0n) is 21.6. The molecule has 0 bridgehead atoms. The minimum Gasteiger partial charge on any atom is -0.381 e. The first-order valence-electron chi connectivity index (χ1n) is 12.4. The molecule has 2 aromatic rings. The molecule has 14 heteroatoms. The predicted molar refractivity (Wildman–Crippen MR) is 136 cm³/mol. The summed E-state index contributed by atoms with van der Waals surface area (Å²) in [7, 11) is 0.989. The highest BCUT2D eigenvalue weighted by atomic mass is 19.1. The average molecular weight is 563 g/mol. The van der Waals surface area contributed by atoms with Gasteiger partial charge in [0.15, 0.2) is 6.29 Å². The minimum atomic E-state index is -4.25. The lowest BCUT2D eigenvalue weighted by molar-refractivity contribution is -0.398. The first kappa shape index (κ1) is 29.5. The number of nitrogens with one attached hydrogen (secondary N) is 2. The number of aldehydes is 1. The Hall–Kier alpha value is -3.50. The maximum absolute atomic E-state index is 15.3. The standard InChI is InChI=1S/C26H31FN4O9/c1-28-23(34)25(37,26(38,39)24(35,36)15-32)31-14-19-18(22(31)33)6-3-7-20(19)29-12-16-4-2-5-17(21(16)27)13-30-8-10-40-11-9-30/h2-7,15,29,35-39H,8-14H2,1H3,(H,28,34). The van der Waals surface area contributed by atoms with Crippen LogP contribution in [-0.2, 0) is 34.0 Å². The lowest BCUT2D eigenvalue weighted by atomic mass is 9.91. The number of ether oxygens (including phenoxy) is 1. The van der Waals surface area contributed by atoms with Gasteiger partial charge in [0.2, 0.25) is 0 Å². The second-order valence-corrected chi connectivity index (χ2v) is 9.62. The number of likely N-dealkylation sites (N-methyl/N-ethyl adjacent to an activating group) is 1. The van der Waals surface area contributed by atoms with Crippen molar-refractivity contribution in [2.45, 2.75) is 36.9 Å². The highest BCUT2D eigenvalue weighted by molar-refractivity contribution is 6.03. The Morgan fingerprint density at radius 1 is 1.07 bits per heavy atom. The van der Waals surface area contributed by atoms with Crippen LogP contribution in [0.2, 0.25) is 0 Å². The van der Waals surface area contributed by atoms with Gasteiger partial charge in [-0.05, 0) is 12.1 Å². The van der Waals surface area contributed by atoms with Crippen molar-refractivity contribution in [1.29, 1.82) is 0 Å². The summed E-state index contributed by atoms with van der Waals surface area (Å²) >= 11 is 0.